The van der Waals surface area contributed by atoms with Crippen LogP contribution in [0.4, 0.5) is 11.4 Å². The van der Waals surface area contributed by atoms with Gasteiger partial charge in [0, 0.05) is 21.2 Å². The molecule has 6 aromatic rings. The van der Waals surface area contributed by atoms with Crippen LogP contribution < -0.4 is 0 Å². The summed E-state index contributed by atoms with van der Waals surface area (Å²) in [5.41, 5.74) is 5.18. The Balaban J connectivity index is 0.000000275. The van der Waals surface area contributed by atoms with Gasteiger partial charge in [0.25, 0.3) is 0 Å². The highest BCUT2D eigenvalue weighted by atomic mass is 35.5. The van der Waals surface area contributed by atoms with Gasteiger partial charge in [-0.25, -0.2) is 9.69 Å². The lowest BCUT2D eigenvalue weighted by Crippen LogP contribution is -2.44. The second kappa shape index (κ2) is 21.1. The van der Waals surface area contributed by atoms with Gasteiger partial charge in [0.05, 0.1) is 60.5 Å². The molecule has 15 heteroatoms. The minimum absolute atomic E-state index is 0. The first-order valence-corrected chi connectivity index (χ1v) is 23.0. The molecule has 2 aromatic heterocycles. The molecule has 0 saturated carbocycles. The standard InChI is InChI=1S/C26H29ClN4O2Si.C20H15ClN4O2.CH4/c1-17(33-34(6,7)26(2,3)4)21(14-19-10-13-23(29-5)22(27)15-19)25-31-30-24(32-25)20-11-8-18(16-28)9-12-20;1-12(26)16(9-14-5-8-18(23-2)17(21)10-14)20-25-24-19(27-20)15-6-3-13(11-22)4-7-15;/h8-13,15,17,21H,14H2,1-4,6-7H3;3-8,10,12,16,26H,9H2,1H3;1H4/t17-,21-;12-,16-;/m11./s1. The van der Waals surface area contributed by atoms with Crippen molar-refractivity contribution in [2.75, 3.05) is 0 Å². The molecule has 0 aliphatic carbocycles. The molecule has 0 aliphatic heterocycles. The average molecular weight is 888 g/mol. The van der Waals surface area contributed by atoms with E-state index in [-0.39, 0.29) is 24.5 Å². The molecule has 4 aromatic carbocycles. The number of hydrogen-bond donors (Lipinski definition) is 1. The summed E-state index contributed by atoms with van der Waals surface area (Å²) in [6, 6.07) is 28.6. The first kappa shape index (κ1) is 48.5. The van der Waals surface area contributed by atoms with E-state index in [0.717, 1.165) is 16.7 Å². The predicted octanol–water partition coefficient (Wildman–Crippen LogP) is 12.7. The zero-order valence-electron chi connectivity index (χ0n) is 34.8. The monoisotopic (exact) mass is 886 g/mol. The van der Waals surface area contributed by atoms with Gasteiger partial charge in [0.2, 0.25) is 34.9 Å². The third kappa shape index (κ3) is 12.0. The molecule has 0 bridgehead atoms. The summed E-state index contributed by atoms with van der Waals surface area (Å²) in [4.78, 5) is 6.79. The molecule has 4 atom stereocenters. The Morgan fingerprint density at radius 3 is 1.47 bits per heavy atom. The van der Waals surface area contributed by atoms with Crippen molar-refractivity contribution in [1.82, 2.24) is 20.4 Å². The number of nitriles is 2. The van der Waals surface area contributed by atoms with Crippen molar-refractivity contribution >= 4 is 42.9 Å². The van der Waals surface area contributed by atoms with E-state index in [1.807, 2.05) is 19.1 Å². The summed E-state index contributed by atoms with van der Waals surface area (Å²) >= 11 is 12.4. The summed E-state index contributed by atoms with van der Waals surface area (Å²) in [6.45, 7) is 29.1. The second-order valence-electron chi connectivity index (χ2n) is 16.0. The summed E-state index contributed by atoms with van der Waals surface area (Å²) in [7, 11) is -2.06. The van der Waals surface area contributed by atoms with Crippen LogP contribution in [-0.2, 0) is 17.3 Å². The number of halogens is 2. The summed E-state index contributed by atoms with van der Waals surface area (Å²) < 4.78 is 18.6. The largest absolute Gasteiger partial charge is 0.420 e. The van der Waals surface area contributed by atoms with Crippen molar-refractivity contribution in [3.63, 3.8) is 0 Å². The van der Waals surface area contributed by atoms with Crippen LogP contribution in [0, 0.1) is 35.8 Å². The number of hydrogen-bond acceptors (Lipinski definition) is 10. The normalized spacial score (nSPS) is 13.1. The van der Waals surface area contributed by atoms with Gasteiger partial charge in [-0.2, -0.15) is 10.5 Å². The van der Waals surface area contributed by atoms with E-state index in [9.17, 15) is 5.11 Å². The van der Waals surface area contributed by atoms with Crippen molar-refractivity contribution in [2.24, 2.45) is 0 Å². The van der Waals surface area contributed by atoms with Gasteiger partial charge in [0.15, 0.2) is 8.32 Å². The molecule has 6 rings (SSSR count). The quantitative estimate of drug-likeness (QED) is 0.0924. The molecule has 0 radical (unpaired) electrons. The number of aliphatic hydroxyl groups excluding tert-OH is 1. The van der Waals surface area contributed by atoms with E-state index >= 15 is 0 Å². The Bertz CT molecular complexity index is 2630. The van der Waals surface area contributed by atoms with Crippen molar-refractivity contribution in [1.29, 1.82) is 10.5 Å². The zero-order valence-corrected chi connectivity index (χ0v) is 37.3. The fraction of sp³-hybridized carbons (Fsp3) is 0.319. The lowest BCUT2D eigenvalue weighted by atomic mass is 9.94. The first-order chi connectivity index (χ1) is 29.0. The van der Waals surface area contributed by atoms with Gasteiger partial charge in [-0.05, 0) is 104 Å². The van der Waals surface area contributed by atoms with E-state index < -0.39 is 20.3 Å². The summed E-state index contributed by atoms with van der Waals surface area (Å²) in [5.74, 6) is 0.890. The van der Waals surface area contributed by atoms with Crippen LogP contribution in [-0.4, -0.2) is 46.0 Å². The SMILES string of the molecule is C.[C-]#[N+]c1ccc(C[C@@H](c2nnc(-c3ccc(C#N)cc3)o2)[C@@H](C)O)cc1Cl.[C-]#[N+]c1ccc(C[C@@H](c2nnc(-c3ccc(C#N)cc3)o2)[C@@H](C)O[Si](C)(C)C(C)(C)C)cc1Cl. The van der Waals surface area contributed by atoms with E-state index in [2.05, 4.69) is 76.1 Å². The molecule has 0 spiro atoms. The topological polar surface area (TPSA) is 164 Å². The molecule has 318 valence electrons. The molecule has 1 N–H and O–H groups in total. The van der Waals surface area contributed by atoms with Gasteiger partial charge in [-0.1, -0.05) is 87.8 Å². The Morgan fingerprint density at radius 2 is 1.11 bits per heavy atom. The van der Waals surface area contributed by atoms with E-state index in [1.165, 1.54) is 0 Å². The summed E-state index contributed by atoms with van der Waals surface area (Å²) in [5, 5.41) is 45.7. The molecule has 0 amide bonds. The maximum absolute atomic E-state index is 10.2. The van der Waals surface area contributed by atoms with Gasteiger partial charge in [-0.3, -0.25) is 0 Å². The van der Waals surface area contributed by atoms with Crippen LogP contribution >= 0.6 is 23.2 Å². The molecular formula is C47H48Cl2N8O4Si. The highest BCUT2D eigenvalue weighted by Gasteiger charge is 2.41. The molecule has 2 heterocycles. The van der Waals surface area contributed by atoms with Crippen molar-refractivity contribution < 1.29 is 18.4 Å². The third-order valence-electron chi connectivity index (χ3n) is 10.6. The van der Waals surface area contributed by atoms with Gasteiger partial charge < -0.3 is 18.4 Å². The van der Waals surface area contributed by atoms with Gasteiger partial charge >= 0.3 is 0 Å². The van der Waals surface area contributed by atoms with Crippen molar-refractivity contribution in [3.8, 4) is 35.0 Å². The van der Waals surface area contributed by atoms with E-state index in [1.54, 1.807) is 79.7 Å². The van der Waals surface area contributed by atoms with Crippen LogP contribution in [0.3, 0.4) is 0 Å². The van der Waals surface area contributed by atoms with Crippen molar-refractivity contribution in [3.05, 3.63) is 152 Å². The third-order valence-corrected chi connectivity index (χ3v) is 15.8. The van der Waals surface area contributed by atoms with Crippen LogP contribution in [0.2, 0.25) is 28.2 Å². The Kier molecular flexibility index (Phi) is 16.5. The first-order valence-electron chi connectivity index (χ1n) is 19.3. The Morgan fingerprint density at radius 1 is 0.710 bits per heavy atom. The van der Waals surface area contributed by atoms with Crippen LogP contribution in [0.15, 0.2) is 93.8 Å². The minimum Gasteiger partial charge on any atom is -0.420 e. The van der Waals surface area contributed by atoms with Crippen LogP contribution in [0.25, 0.3) is 32.6 Å². The maximum atomic E-state index is 10.2. The van der Waals surface area contributed by atoms with Crippen LogP contribution in [0.1, 0.15) is 87.9 Å². The van der Waals surface area contributed by atoms with Crippen LogP contribution in [0.5, 0.6) is 0 Å². The molecule has 0 aliphatic rings. The average Bonchev–Trinajstić information content (AvgIpc) is 3.93. The summed E-state index contributed by atoms with van der Waals surface area (Å²) in [6.07, 6.45) is 0.0982. The van der Waals surface area contributed by atoms with Gasteiger partial charge in [-0.15, -0.1) is 20.4 Å². The Labute approximate surface area is 374 Å². The number of rotatable bonds is 12. The number of nitrogens with zero attached hydrogens (tertiary/aromatic N) is 8. The molecule has 62 heavy (non-hydrogen) atoms. The smallest absolute Gasteiger partial charge is 0.247 e. The maximum Gasteiger partial charge on any atom is 0.247 e. The van der Waals surface area contributed by atoms with E-state index in [4.69, 9.17) is 60.1 Å². The lowest BCUT2D eigenvalue weighted by molar-refractivity contribution is 0.148. The molecule has 0 fully saturated rings. The highest BCUT2D eigenvalue weighted by Crippen LogP contribution is 2.40. The second-order valence-corrected chi connectivity index (χ2v) is 21.6. The zero-order chi connectivity index (χ0) is 44.5. The fourth-order valence-electron chi connectivity index (χ4n) is 6.06. The molecular weight excluding hydrogens is 840 g/mol. The number of aromatic nitrogens is 4. The minimum atomic E-state index is -2.06. The highest BCUT2D eigenvalue weighted by molar-refractivity contribution is 6.74. The molecule has 12 nitrogen and oxygen atoms in total. The molecule has 0 unspecified atom stereocenters. The van der Waals surface area contributed by atoms with Crippen molar-refractivity contribution in [2.45, 2.75) is 97.1 Å². The van der Waals surface area contributed by atoms with E-state index in [0.29, 0.717) is 74.5 Å². The number of aliphatic hydroxyl groups is 1. The Hall–Kier alpha value is -6.16. The molecule has 0 saturated heterocycles. The number of benzene rings is 4. The predicted molar refractivity (Wildman–Crippen MR) is 243 cm³/mol. The fourth-order valence-corrected chi connectivity index (χ4v) is 8.00. The van der Waals surface area contributed by atoms with Gasteiger partial charge in [0.1, 0.15) is 0 Å². The lowest BCUT2D eigenvalue weighted by Gasteiger charge is -2.40.